The summed E-state index contributed by atoms with van der Waals surface area (Å²) in [4.78, 5) is 30.9. The molecule has 0 aliphatic rings. The van der Waals surface area contributed by atoms with Crippen molar-refractivity contribution < 1.29 is 9.59 Å². The molecule has 0 bridgehead atoms. The summed E-state index contributed by atoms with van der Waals surface area (Å²) in [5, 5.41) is 11.5. The predicted octanol–water partition coefficient (Wildman–Crippen LogP) is 2.05. The van der Waals surface area contributed by atoms with Crippen LogP contribution in [0.15, 0.2) is 59.0 Å². The maximum Gasteiger partial charge on any atom is 0.360 e. The number of azo groups is 1. The summed E-state index contributed by atoms with van der Waals surface area (Å²) < 4.78 is 0. The van der Waals surface area contributed by atoms with E-state index in [0.29, 0.717) is 11.4 Å². The minimum atomic E-state index is -0.710. The van der Waals surface area contributed by atoms with Crippen molar-refractivity contribution in [2.45, 2.75) is 13.1 Å². The van der Waals surface area contributed by atoms with Gasteiger partial charge in [0.15, 0.2) is 0 Å². The summed E-state index contributed by atoms with van der Waals surface area (Å²) in [7, 11) is 0. The number of pyridine rings is 2. The molecule has 8 nitrogen and oxygen atoms in total. The number of nitrogens with one attached hydrogen (secondary N) is 2. The van der Waals surface area contributed by atoms with Gasteiger partial charge < -0.3 is 10.6 Å². The minimum absolute atomic E-state index is 0.217. The SMILES string of the molecule is O=C(/N=N/C(=O)NCc1ccccn1)NCc1ccccn1. The largest absolute Gasteiger partial charge is 0.360 e. The number of nitrogens with zero attached hydrogens (tertiary/aromatic N) is 4. The van der Waals surface area contributed by atoms with E-state index in [0.717, 1.165) is 0 Å². The van der Waals surface area contributed by atoms with Crippen LogP contribution in [0, 0.1) is 0 Å². The lowest BCUT2D eigenvalue weighted by atomic mass is 10.3. The van der Waals surface area contributed by atoms with Crippen LogP contribution in [0.4, 0.5) is 9.59 Å². The fraction of sp³-hybridized carbons (Fsp3) is 0.143. The summed E-state index contributed by atoms with van der Waals surface area (Å²) in [5.41, 5.74) is 1.37. The van der Waals surface area contributed by atoms with E-state index in [1.165, 1.54) is 0 Å². The number of urea groups is 2. The van der Waals surface area contributed by atoms with Gasteiger partial charge in [-0.3, -0.25) is 9.97 Å². The lowest BCUT2D eigenvalue weighted by Gasteiger charge is -2.00. The van der Waals surface area contributed by atoms with Gasteiger partial charge in [-0.25, -0.2) is 9.59 Å². The zero-order valence-electron chi connectivity index (χ0n) is 11.6. The molecule has 0 aromatic carbocycles. The Morgan fingerprint density at radius 1 is 0.818 bits per heavy atom. The molecule has 2 rings (SSSR count). The van der Waals surface area contributed by atoms with E-state index >= 15 is 0 Å². The third-order valence-electron chi connectivity index (χ3n) is 2.53. The highest BCUT2D eigenvalue weighted by Gasteiger charge is 2.02. The van der Waals surface area contributed by atoms with Crippen molar-refractivity contribution in [3.8, 4) is 0 Å². The minimum Gasteiger partial charge on any atom is -0.329 e. The van der Waals surface area contributed by atoms with Crippen molar-refractivity contribution >= 4 is 12.1 Å². The average Bonchev–Trinajstić information content (AvgIpc) is 2.58. The Morgan fingerprint density at radius 2 is 1.27 bits per heavy atom. The van der Waals surface area contributed by atoms with Gasteiger partial charge in [-0.15, -0.1) is 0 Å². The summed E-state index contributed by atoms with van der Waals surface area (Å²) >= 11 is 0. The fourth-order valence-electron chi connectivity index (χ4n) is 1.50. The van der Waals surface area contributed by atoms with Crippen LogP contribution in [0.1, 0.15) is 11.4 Å². The van der Waals surface area contributed by atoms with Crippen LogP contribution in [0.25, 0.3) is 0 Å². The first-order valence-corrected chi connectivity index (χ1v) is 6.51. The third-order valence-corrected chi connectivity index (χ3v) is 2.53. The van der Waals surface area contributed by atoms with E-state index in [9.17, 15) is 9.59 Å². The van der Waals surface area contributed by atoms with Gasteiger partial charge in [0.2, 0.25) is 0 Å². The molecule has 2 aromatic rings. The molecule has 0 saturated heterocycles. The molecule has 22 heavy (non-hydrogen) atoms. The molecule has 0 aliphatic carbocycles. The number of aromatic nitrogens is 2. The molecule has 0 fully saturated rings. The number of carbonyl (C=O) groups excluding carboxylic acids is 2. The molecule has 112 valence electrons. The van der Waals surface area contributed by atoms with E-state index in [4.69, 9.17) is 0 Å². The normalized spacial score (nSPS) is 10.4. The predicted molar refractivity (Wildman–Crippen MR) is 77.8 cm³/mol. The lowest BCUT2D eigenvalue weighted by Crippen LogP contribution is -2.22. The van der Waals surface area contributed by atoms with Crippen LogP contribution in [-0.2, 0) is 13.1 Å². The van der Waals surface area contributed by atoms with Crippen LogP contribution >= 0.6 is 0 Å². The molecule has 0 radical (unpaired) electrons. The van der Waals surface area contributed by atoms with Gasteiger partial charge in [-0.1, -0.05) is 22.4 Å². The number of rotatable bonds is 4. The molecular weight excluding hydrogens is 284 g/mol. The zero-order valence-corrected chi connectivity index (χ0v) is 11.6. The first-order valence-electron chi connectivity index (χ1n) is 6.51. The second-order valence-corrected chi connectivity index (χ2v) is 4.16. The molecule has 8 heteroatoms. The van der Waals surface area contributed by atoms with Gasteiger partial charge in [-0.05, 0) is 24.3 Å². The van der Waals surface area contributed by atoms with Gasteiger partial charge >= 0.3 is 12.1 Å². The molecule has 2 N–H and O–H groups in total. The molecule has 2 aromatic heterocycles. The van der Waals surface area contributed by atoms with Gasteiger partial charge in [0.1, 0.15) is 0 Å². The van der Waals surface area contributed by atoms with Crippen molar-refractivity contribution in [1.82, 2.24) is 20.6 Å². The molecule has 0 unspecified atom stereocenters. The first kappa shape index (κ1) is 15.2. The van der Waals surface area contributed by atoms with Crippen molar-refractivity contribution in [2.75, 3.05) is 0 Å². The topological polar surface area (TPSA) is 109 Å². The van der Waals surface area contributed by atoms with Gasteiger partial charge in [-0.2, -0.15) is 0 Å². The molecule has 0 spiro atoms. The van der Waals surface area contributed by atoms with E-state index in [1.54, 1.807) is 48.8 Å². The van der Waals surface area contributed by atoms with Gasteiger partial charge in [0.25, 0.3) is 0 Å². The van der Waals surface area contributed by atoms with E-state index < -0.39 is 12.1 Å². The lowest BCUT2D eigenvalue weighted by molar-refractivity contribution is 0.240. The smallest absolute Gasteiger partial charge is 0.329 e. The summed E-state index contributed by atoms with van der Waals surface area (Å²) in [5.74, 6) is 0. The highest BCUT2D eigenvalue weighted by molar-refractivity contribution is 5.79. The Morgan fingerprint density at radius 3 is 1.64 bits per heavy atom. The number of amides is 4. The fourth-order valence-corrected chi connectivity index (χ4v) is 1.50. The maximum absolute atomic E-state index is 11.4. The quantitative estimate of drug-likeness (QED) is 0.842. The van der Waals surface area contributed by atoms with Gasteiger partial charge in [0.05, 0.1) is 24.5 Å². The Balaban J connectivity index is 1.71. The molecule has 0 atom stereocenters. The van der Waals surface area contributed by atoms with E-state index in [1.807, 2.05) is 0 Å². The standard InChI is InChI=1S/C14H14N6O2/c21-13(17-9-11-5-1-3-7-15-11)19-20-14(22)18-10-12-6-2-4-8-16-12/h1-8H,9-10H2,(H,17,21)(H,18,22)/b20-19+. The zero-order chi connectivity index (χ0) is 15.6. The van der Waals surface area contributed by atoms with Crippen LogP contribution in [0.2, 0.25) is 0 Å². The van der Waals surface area contributed by atoms with Crippen molar-refractivity contribution in [2.24, 2.45) is 10.2 Å². The summed E-state index contributed by atoms with van der Waals surface area (Å²) in [6.45, 7) is 0.433. The Hall–Kier alpha value is -3.16. The Kier molecular flexibility index (Phi) is 5.68. The number of carbonyl (C=O) groups is 2. The van der Waals surface area contributed by atoms with E-state index in [2.05, 4.69) is 30.8 Å². The number of hydrogen-bond acceptors (Lipinski definition) is 4. The summed E-state index contributed by atoms with van der Waals surface area (Å²) in [6, 6.07) is 9.27. The molecular formula is C14H14N6O2. The summed E-state index contributed by atoms with van der Waals surface area (Å²) in [6.07, 6.45) is 3.24. The molecule has 2 heterocycles. The monoisotopic (exact) mass is 298 g/mol. The molecule has 0 saturated carbocycles. The Labute approximate surface area is 126 Å². The molecule has 4 amide bonds. The van der Waals surface area contributed by atoms with Gasteiger partial charge in [0, 0.05) is 12.4 Å². The second-order valence-electron chi connectivity index (χ2n) is 4.16. The third kappa shape index (κ3) is 5.45. The van der Waals surface area contributed by atoms with Crippen LogP contribution in [0.3, 0.4) is 0 Å². The highest BCUT2D eigenvalue weighted by atomic mass is 16.2. The van der Waals surface area contributed by atoms with E-state index in [-0.39, 0.29) is 13.1 Å². The van der Waals surface area contributed by atoms with Crippen molar-refractivity contribution in [3.05, 3.63) is 60.2 Å². The number of hydrogen-bond donors (Lipinski definition) is 2. The maximum atomic E-state index is 11.4. The second kappa shape index (κ2) is 8.20. The van der Waals surface area contributed by atoms with Crippen LogP contribution < -0.4 is 10.6 Å². The van der Waals surface area contributed by atoms with Crippen LogP contribution in [0.5, 0.6) is 0 Å². The Bertz CT molecular complexity index is 587. The molecule has 0 aliphatic heterocycles. The highest BCUT2D eigenvalue weighted by Crippen LogP contribution is 1.94. The van der Waals surface area contributed by atoms with Crippen LogP contribution in [-0.4, -0.2) is 22.0 Å². The average molecular weight is 298 g/mol. The van der Waals surface area contributed by atoms with Crippen molar-refractivity contribution in [3.63, 3.8) is 0 Å². The van der Waals surface area contributed by atoms with Crippen molar-refractivity contribution in [1.29, 1.82) is 0 Å². The first-order chi connectivity index (χ1) is 10.7.